The van der Waals surface area contributed by atoms with Crippen LogP contribution in [0.15, 0.2) is 0 Å². The van der Waals surface area contributed by atoms with Crippen molar-refractivity contribution in [3.05, 3.63) is 0 Å². The SMILES string of the molecule is CCN(C(=O)CN1CCC(N)CC1C)C1CCCCC1. The molecule has 1 aliphatic heterocycles. The van der Waals surface area contributed by atoms with E-state index in [0.29, 0.717) is 30.6 Å². The van der Waals surface area contributed by atoms with Gasteiger partial charge in [0.25, 0.3) is 0 Å². The van der Waals surface area contributed by atoms with E-state index in [0.717, 1.165) is 25.9 Å². The molecule has 0 spiro atoms. The van der Waals surface area contributed by atoms with Crippen molar-refractivity contribution in [3.63, 3.8) is 0 Å². The minimum absolute atomic E-state index is 0.317. The molecule has 0 radical (unpaired) electrons. The van der Waals surface area contributed by atoms with Crippen molar-refractivity contribution in [2.45, 2.75) is 76.9 Å². The van der Waals surface area contributed by atoms with Crippen LogP contribution < -0.4 is 5.73 Å². The summed E-state index contributed by atoms with van der Waals surface area (Å²) < 4.78 is 0. The van der Waals surface area contributed by atoms with E-state index >= 15 is 0 Å². The van der Waals surface area contributed by atoms with Crippen LogP contribution in [0.2, 0.25) is 0 Å². The highest BCUT2D eigenvalue weighted by Crippen LogP contribution is 2.23. The Morgan fingerprint density at radius 3 is 2.55 bits per heavy atom. The number of likely N-dealkylation sites (N-methyl/N-ethyl adjacent to an activating group) is 1. The molecule has 2 aliphatic rings. The zero-order valence-electron chi connectivity index (χ0n) is 13.2. The number of nitrogens with zero attached hydrogens (tertiary/aromatic N) is 2. The molecule has 2 fully saturated rings. The third-order valence-corrected chi connectivity index (χ3v) is 5.07. The molecule has 0 aromatic carbocycles. The van der Waals surface area contributed by atoms with E-state index in [-0.39, 0.29) is 0 Å². The van der Waals surface area contributed by atoms with E-state index in [1.54, 1.807) is 0 Å². The lowest BCUT2D eigenvalue weighted by molar-refractivity contribution is -0.136. The van der Waals surface area contributed by atoms with E-state index in [1.165, 1.54) is 32.1 Å². The second-order valence-electron chi connectivity index (χ2n) is 6.58. The lowest BCUT2D eigenvalue weighted by atomic mass is 9.94. The first-order valence-electron chi connectivity index (χ1n) is 8.41. The summed E-state index contributed by atoms with van der Waals surface area (Å²) >= 11 is 0. The first-order valence-corrected chi connectivity index (χ1v) is 8.41. The number of hydrogen-bond acceptors (Lipinski definition) is 3. The van der Waals surface area contributed by atoms with E-state index in [1.807, 2.05) is 0 Å². The molecule has 1 amide bonds. The van der Waals surface area contributed by atoms with Gasteiger partial charge in [0.1, 0.15) is 0 Å². The molecular formula is C16H31N3O. The van der Waals surface area contributed by atoms with Gasteiger partial charge < -0.3 is 10.6 Å². The molecule has 2 atom stereocenters. The Bertz CT molecular complexity index is 315. The second kappa shape index (κ2) is 7.41. The molecule has 116 valence electrons. The summed E-state index contributed by atoms with van der Waals surface area (Å²) in [5.41, 5.74) is 6.00. The number of likely N-dealkylation sites (tertiary alicyclic amines) is 1. The van der Waals surface area contributed by atoms with Gasteiger partial charge in [-0.1, -0.05) is 19.3 Å². The standard InChI is InChI=1S/C16H31N3O/c1-3-19(15-7-5-4-6-8-15)16(20)12-18-10-9-14(17)11-13(18)2/h13-15H,3-12,17H2,1-2H3. The maximum absolute atomic E-state index is 12.6. The molecule has 20 heavy (non-hydrogen) atoms. The van der Waals surface area contributed by atoms with E-state index in [9.17, 15) is 4.79 Å². The Morgan fingerprint density at radius 2 is 1.95 bits per heavy atom. The predicted molar refractivity (Wildman–Crippen MR) is 82.5 cm³/mol. The summed E-state index contributed by atoms with van der Waals surface area (Å²) in [4.78, 5) is 17.1. The van der Waals surface area contributed by atoms with Crippen molar-refractivity contribution in [1.82, 2.24) is 9.80 Å². The molecular weight excluding hydrogens is 250 g/mol. The van der Waals surface area contributed by atoms with Gasteiger partial charge in [-0.25, -0.2) is 0 Å². The molecule has 1 aliphatic carbocycles. The van der Waals surface area contributed by atoms with Gasteiger partial charge >= 0.3 is 0 Å². The molecule has 0 bridgehead atoms. The van der Waals surface area contributed by atoms with Gasteiger partial charge in [-0.05, 0) is 39.5 Å². The number of piperidine rings is 1. The number of amides is 1. The number of carbonyl (C=O) groups is 1. The molecule has 2 unspecified atom stereocenters. The molecule has 4 heteroatoms. The average molecular weight is 281 g/mol. The van der Waals surface area contributed by atoms with E-state index < -0.39 is 0 Å². The topological polar surface area (TPSA) is 49.6 Å². The Labute approximate surface area is 123 Å². The molecule has 1 saturated heterocycles. The van der Waals surface area contributed by atoms with Gasteiger partial charge in [-0.2, -0.15) is 0 Å². The number of nitrogens with two attached hydrogens (primary N) is 1. The maximum atomic E-state index is 12.6. The minimum atomic E-state index is 0.317. The Kier molecular flexibility index (Phi) is 5.85. The molecule has 0 aromatic heterocycles. The van der Waals surface area contributed by atoms with Crippen molar-refractivity contribution in [1.29, 1.82) is 0 Å². The van der Waals surface area contributed by atoms with Crippen LogP contribution in [0, 0.1) is 0 Å². The third kappa shape index (κ3) is 3.95. The van der Waals surface area contributed by atoms with Crippen molar-refractivity contribution in [2.24, 2.45) is 5.73 Å². The zero-order valence-corrected chi connectivity index (χ0v) is 13.2. The van der Waals surface area contributed by atoms with Gasteiger partial charge in [0.05, 0.1) is 6.54 Å². The lowest BCUT2D eigenvalue weighted by Gasteiger charge is -2.39. The third-order valence-electron chi connectivity index (χ3n) is 5.07. The average Bonchev–Trinajstić information content (AvgIpc) is 2.44. The summed E-state index contributed by atoms with van der Waals surface area (Å²) in [6, 6.07) is 1.24. The quantitative estimate of drug-likeness (QED) is 0.857. The largest absolute Gasteiger partial charge is 0.339 e. The minimum Gasteiger partial charge on any atom is -0.339 e. The highest BCUT2D eigenvalue weighted by atomic mass is 16.2. The van der Waals surface area contributed by atoms with Gasteiger partial charge in [-0.3, -0.25) is 9.69 Å². The second-order valence-corrected chi connectivity index (χ2v) is 6.58. The monoisotopic (exact) mass is 281 g/mol. The van der Waals surface area contributed by atoms with E-state index in [2.05, 4.69) is 23.6 Å². The Morgan fingerprint density at radius 1 is 1.25 bits per heavy atom. The summed E-state index contributed by atoms with van der Waals surface area (Å²) in [5.74, 6) is 0.321. The summed E-state index contributed by atoms with van der Waals surface area (Å²) in [5, 5.41) is 0. The van der Waals surface area contributed by atoms with Crippen LogP contribution >= 0.6 is 0 Å². The number of rotatable bonds is 4. The van der Waals surface area contributed by atoms with Crippen LogP contribution in [0.5, 0.6) is 0 Å². The van der Waals surface area contributed by atoms with Crippen LogP contribution in [-0.4, -0.2) is 53.5 Å². The highest BCUT2D eigenvalue weighted by molar-refractivity contribution is 5.78. The fourth-order valence-corrected chi connectivity index (χ4v) is 3.79. The Balaban J connectivity index is 1.88. The summed E-state index contributed by atoms with van der Waals surface area (Å²) in [7, 11) is 0. The molecule has 1 heterocycles. The normalized spacial score (nSPS) is 29.4. The van der Waals surface area contributed by atoms with Crippen molar-refractivity contribution in [3.8, 4) is 0 Å². The van der Waals surface area contributed by atoms with Crippen LogP contribution in [0.4, 0.5) is 0 Å². The number of hydrogen-bond donors (Lipinski definition) is 1. The highest BCUT2D eigenvalue weighted by Gasteiger charge is 2.29. The number of carbonyl (C=O) groups excluding carboxylic acids is 1. The first kappa shape index (κ1) is 15.8. The lowest BCUT2D eigenvalue weighted by Crippen LogP contribution is -2.51. The van der Waals surface area contributed by atoms with Crippen molar-refractivity contribution >= 4 is 5.91 Å². The summed E-state index contributed by atoms with van der Waals surface area (Å²) in [6.07, 6.45) is 8.33. The zero-order chi connectivity index (χ0) is 14.5. The van der Waals surface area contributed by atoms with Crippen LogP contribution in [-0.2, 0) is 4.79 Å². The smallest absolute Gasteiger partial charge is 0.236 e. The van der Waals surface area contributed by atoms with E-state index in [4.69, 9.17) is 5.73 Å². The fourth-order valence-electron chi connectivity index (χ4n) is 3.79. The molecule has 0 aromatic rings. The molecule has 2 N–H and O–H groups in total. The van der Waals surface area contributed by atoms with Crippen molar-refractivity contribution < 1.29 is 4.79 Å². The predicted octanol–water partition coefficient (Wildman–Crippen LogP) is 1.98. The van der Waals surface area contributed by atoms with Gasteiger partial charge in [0.2, 0.25) is 5.91 Å². The van der Waals surface area contributed by atoms with Crippen LogP contribution in [0.1, 0.15) is 58.8 Å². The molecule has 2 rings (SSSR count). The van der Waals surface area contributed by atoms with Gasteiger partial charge in [0.15, 0.2) is 0 Å². The van der Waals surface area contributed by atoms with Crippen LogP contribution in [0.25, 0.3) is 0 Å². The first-order chi connectivity index (χ1) is 9.61. The maximum Gasteiger partial charge on any atom is 0.236 e. The fraction of sp³-hybridized carbons (Fsp3) is 0.938. The van der Waals surface area contributed by atoms with Gasteiger partial charge in [-0.15, -0.1) is 0 Å². The molecule has 1 saturated carbocycles. The van der Waals surface area contributed by atoms with Crippen LogP contribution in [0.3, 0.4) is 0 Å². The van der Waals surface area contributed by atoms with Gasteiger partial charge in [0, 0.05) is 31.2 Å². The van der Waals surface area contributed by atoms with Crippen molar-refractivity contribution in [2.75, 3.05) is 19.6 Å². The Hall–Kier alpha value is -0.610. The summed E-state index contributed by atoms with van der Waals surface area (Å²) in [6.45, 7) is 6.71. The molecule has 4 nitrogen and oxygen atoms in total.